The third-order valence-corrected chi connectivity index (χ3v) is 20.1. The van der Waals surface area contributed by atoms with Gasteiger partial charge in [-0.3, -0.25) is 4.79 Å². The van der Waals surface area contributed by atoms with Crippen molar-refractivity contribution in [3.8, 4) is 0 Å². The predicted molar refractivity (Wildman–Crippen MR) is 420 cm³/mol. The molecular formula is C86H149NO18. The number of nitrogens with one attached hydrogen (secondary N) is 1. The van der Waals surface area contributed by atoms with Crippen LogP contribution in [0.15, 0.2) is 109 Å². The summed E-state index contributed by atoms with van der Waals surface area (Å²) in [5, 5.41) is 121. The standard InChI is InChI=1S/C86H149NO18/c1-3-5-7-9-11-13-15-17-19-21-23-25-27-29-31-33-34-36-38-40-42-44-46-48-50-52-54-56-58-60-62-64-74(92)87-69(70(91)63-61-59-57-55-53-51-49-47-45-43-41-39-37-35-32-30-28-26-24-22-20-18-16-14-12-10-8-6-4-2)68-100-84-80(98)77(95)82(72(66-89)102-84)105-86-81(99)78(96)83(73(67-90)103-86)104-85-79(97)76(94)75(93)71(65-88)101-85/h5,7,11,13,17,19,23,25,29,31,34,36,40,42,46,48,52,54,69-73,75-86,88-91,93-99H,3-4,6,8-10,12,14-16,18,20-22,24,26-28,30,32-33,35,37-39,41,43-45,47,49-51,53,55-68H2,1-2H3,(H,87,92)/b7-5-,13-11-,19-17-,25-23-,31-29-,36-34-,42-40-,48-46-,54-52-. The summed E-state index contributed by atoms with van der Waals surface area (Å²) in [5.74, 6) is -0.276. The number of hydrogen-bond donors (Lipinski definition) is 12. The zero-order valence-corrected chi connectivity index (χ0v) is 64.9. The highest BCUT2D eigenvalue weighted by atomic mass is 16.8. The van der Waals surface area contributed by atoms with Crippen LogP contribution in [0.2, 0.25) is 0 Å². The third kappa shape index (κ3) is 44.8. The molecule has 19 heteroatoms. The molecule has 3 rings (SSSR count). The Kier molecular flexibility index (Phi) is 59.4. The summed E-state index contributed by atoms with van der Waals surface area (Å²) in [4.78, 5) is 13.5. The lowest BCUT2D eigenvalue weighted by Gasteiger charge is -2.48. The smallest absolute Gasteiger partial charge is 0.220 e. The first-order valence-corrected chi connectivity index (χ1v) is 41.6. The second-order valence-electron chi connectivity index (χ2n) is 29.2. The molecule has 3 saturated heterocycles. The van der Waals surface area contributed by atoms with Crippen molar-refractivity contribution in [3.05, 3.63) is 109 Å². The molecule has 3 aliphatic heterocycles. The second-order valence-corrected chi connectivity index (χ2v) is 29.2. The highest BCUT2D eigenvalue weighted by Crippen LogP contribution is 2.33. The first-order valence-electron chi connectivity index (χ1n) is 41.6. The van der Waals surface area contributed by atoms with Crippen LogP contribution in [0.1, 0.15) is 296 Å². The number of carbonyl (C=O) groups is 1. The summed E-state index contributed by atoms with van der Waals surface area (Å²) in [6, 6.07) is -0.916. The van der Waals surface area contributed by atoms with Crippen molar-refractivity contribution in [1.82, 2.24) is 5.32 Å². The van der Waals surface area contributed by atoms with Gasteiger partial charge < -0.3 is 89.9 Å². The molecule has 1 amide bonds. The fraction of sp³-hybridized carbons (Fsp3) is 0.779. The van der Waals surface area contributed by atoms with E-state index in [0.717, 1.165) is 96.3 Å². The van der Waals surface area contributed by atoms with Crippen LogP contribution in [0, 0.1) is 0 Å². The maximum absolute atomic E-state index is 13.5. The molecule has 0 aromatic carbocycles. The van der Waals surface area contributed by atoms with Crippen molar-refractivity contribution in [2.75, 3.05) is 26.4 Å². The maximum Gasteiger partial charge on any atom is 0.220 e. The van der Waals surface area contributed by atoms with Crippen molar-refractivity contribution in [2.24, 2.45) is 0 Å². The molecule has 3 fully saturated rings. The minimum atomic E-state index is -1.98. The Morgan fingerprint density at radius 2 is 0.657 bits per heavy atom. The van der Waals surface area contributed by atoms with Gasteiger partial charge >= 0.3 is 0 Å². The van der Waals surface area contributed by atoms with Gasteiger partial charge in [0.25, 0.3) is 0 Å². The van der Waals surface area contributed by atoms with Gasteiger partial charge in [0.1, 0.15) is 73.2 Å². The molecule has 3 aliphatic rings. The number of carbonyl (C=O) groups excluding carboxylic acids is 1. The van der Waals surface area contributed by atoms with E-state index >= 15 is 0 Å². The van der Waals surface area contributed by atoms with E-state index in [9.17, 15) is 61.0 Å². The maximum atomic E-state index is 13.5. The molecule has 0 bridgehead atoms. The highest BCUT2D eigenvalue weighted by Gasteiger charge is 2.54. The van der Waals surface area contributed by atoms with E-state index in [0.29, 0.717) is 19.3 Å². The molecule has 0 aromatic heterocycles. The normalized spacial score (nSPS) is 26.4. The zero-order chi connectivity index (χ0) is 76.0. The summed E-state index contributed by atoms with van der Waals surface area (Å²) in [6.07, 6.45) is 63.2. The lowest BCUT2D eigenvalue weighted by Crippen LogP contribution is -2.66. The Labute approximate surface area is 634 Å². The fourth-order valence-corrected chi connectivity index (χ4v) is 13.5. The Hall–Kier alpha value is -3.55. The first-order chi connectivity index (χ1) is 51.3. The number of hydrogen-bond acceptors (Lipinski definition) is 18. The van der Waals surface area contributed by atoms with Crippen molar-refractivity contribution in [2.45, 2.75) is 401 Å². The molecule has 0 aliphatic carbocycles. The Morgan fingerprint density at radius 3 is 1.02 bits per heavy atom. The molecule has 19 nitrogen and oxygen atoms in total. The topological polar surface area (TPSA) is 307 Å². The molecule has 0 radical (unpaired) electrons. The Bertz CT molecular complexity index is 2320. The summed E-state index contributed by atoms with van der Waals surface area (Å²) in [6.45, 7) is 1.69. The summed E-state index contributed by atoms with van der Waals surface area (Å²) in [5.41, 5.74) is 0. The third-order valence-electron chi connectivity index (χ3n) is 20.1. The zero-order valence-electron chi connectivity index (χ0n) is 64.9. The van der Waals surface area contributed by atoms with Crippen molar-refractivity contribution >= 4 is 5.91 Å². The second kappa shape index (κ2) is 65.2. The number of amides is 1. The van der Waals surface area contributed by atoms with Crippen LogP contribution in [0.25, 0.3) is 0 Å². The van der Waals surface area contributed by atoms with Crippen LogP contribution in [0.5, 0.6) is 0 Å². The average Bonchev–Trinajstić information content (AvgIpc) is 0.781. The number of unbranched alkanes of at least 4 members (excludes halogenated alkanes) is 31. The van der Waals surface area contributed by atoms with Gasteiger partial charge in [0.15, 0.2) is 18.9 Å². The van der Waals surface area contributed by atoms with Gasteiger partial charge in [-0.25, -0.2) is 0 Å². The van der Waals surface area contributed by atoms with Gasteiger partial charge in [-0.15, -0.1) is 0 Å². The number of ether oxygens (including phenoxy) is 6. The molecule has 0 aromatic rings. The Morgan fingerprint density at radius 1 is 0.352 bits per heavy atom. The van der Waals surface area contributed by atoms with E-state index in [2.05, 4.69) is 129 Å². The molecule has 12 N–H and O–H groups in total. The van der Waals surface area contributed by atoms with Gasteiger partial charge in [0.2, 0.25) is 5.91 Å². The van der Waals surface area contributed by atoms with E-state index in [4.69, 9.17) is 28.4 Å². The van der Waals surface area contributed by atoms with Gasteiger partial charge in [-0.2, -0.15) is 0 Å². The predicted octanol–water partition coefficient (Wildman–Crippen LogP) is 14.5. The number of aliphatic hydroxyl groups excluding tert-OH is 11. The highest BCUT2D eigenvalue weighted by molar-refractivity contribution is 5.76. The average molecular weight is 1490 g/mol. The minimum absolute atomic E-state index is 0.220. The largest absolute Gasteiger partial charge is 0.394 e. The molecule has 3 heterocycles. The van der Waals surface area contributed by atoms with Gasteiger partial charge in [-0.1, -0.05) is 316 Å². The monoisotopic (exact) mass is 1480 g/mol. The molecule has 0 spiro atoms. The van der Waals surface area contributed by atoms with Gasteiger partial charge in [-0.05, 0) is 83.5 Å². The van der Waals surface area contributed by atoms with Gasteiger partial charge in [0, 0.05) is 6.42 Å². The van der Waals surface area contributed by atoms with Crippen LogP contribution >= 0.6 is 0 Å². The molecule has 0 saturated carbocycles. The molecular weight excluding hydrogens is 1330 g/mol. The lowest BCUT2D eigenvalue weighted by molar-refractivity contribution is -0.379. The van der Waals surface area contributed by atoms with Crippen LogP contribution in [-0.4, -0.2) is 193 Å². The molecule has 105 heavy (non-hydrogen) atoms. The quantitative estimate of drug-likeness (QED) is 0.0199. The summed E-state index contributed by atoms with van der Waals surface area (Å²) in [7, 11) is 0. The van der Waals surface area contributed by atoms with Gasteiger partial charge in [0.05, 0.1) is 38.6 Å². The fourth-order valence-electron chi connectivity index (χ4n) is 13.5. The van der Waals surface area contributed by atoms with E-state index in [1.807, 2.05) is 0 Å². The van der Waals surface area contributed by atoms with Crippen LogP contribution in [-0.2, 0) is 33.2 Å². The van der Waals surface area contributed by atoms with Crippen molar-refractivity contribution in [3.63, 3.8) is 0 Å². The molecule has 17 atom stereocenters. The lowest BCUT2D eigenvalue weighted by atomic mass is 9.96. The number of allylic oxidation sites excluding steroid dienone is 18. The van der Waals surface area contributed by atoms with Crippen molar-refractivity contribution in [1.29, 1.82) is 0 Å². The Balaban J connectivity index is 1.38. The number of aliphatic hydroxyl groups is 11. The number of rotatable bonds is 65. The molecule has 606 valence electrons. The minimum Gasteiger partial charge on any atom is -0.394 e. The SMILES string of the molecule is CC/C=C\C/C=C\C/C=C\C/C=C\C/C=C\C/C=C\C/C=C\C/C=C\C/C=C\CCCCCC(=O)NC(COC1OC(CO)C(OC2OC(CO)C(OC3OC(CO)C(O)C(O)C3O)C(O)C2O)C(O)C1O)C(O)CCCCCCCCCCCCCCCCCCCCCCCCCCCCCCC. The van der Waals surface area contributed by atoms with E-state index in [1.54, 1.807) is 0 Å². The first kappa shape index (κ1) is 95.7. The summed E-state index contributed by atoms with van der Waals surface area (Å²) < 4.78 is 34.5. The van der Waals surface area contributed by atoms with Crippen molar-refractivity contribution < 1.29 is 89.4 Å². The van der Waals surface area contributed by atoms with Crippen LogP contribution in [0.3, 0.4) is 0 Å². The summed E-state index contributed by atoms with van der Waals surface area (Å²) >= 11 is 0. The van der Waals surface area contributed by atoms with E-state index in [1.165, 1.54) is 161 Å². The van der Waals surface area contributed by atoms with Crippen LogP contribution < -0.4 is 5.32 Å². The molecule has 17 unspecified atom stereocenters. The van der Waals surface area contributed by atoms with E-state index < -0.39 is 124 Å². The van der Waals surface area contributed by atoms with Crippen LogP contribution in [0.4, 0.5) is 0 Å². The van der Waals surface area contributed by atoms with E-state index in [-0.39, 0.29) is 18.9 Å².